The Kier molecular flexibility index (Phi) is 2.83. The summed E-state index contributed by atoms with van der Waals surface area (Å²) < 4.78 is 1.22. The molecule has 2 heteroatoms. The topological polar surface area (TPSA) is 0 Å². The molecule has 0 fully saturated rings. The van der Waals surface area contributed by atoms with E-state index >= 15 is 0 Å². The molecule has 1 aromatic carbocycles. The van der Waals surface area contributed by atoms with Crippen molar-refractivity contribution in [1.82, 2.24) is 0 Å². The van der Waals surface area contributed by atoms with Crippen LogP contribution in [0.5, 0.6) is 0 Å². The third-order valence-corrected chi connectivity index (χ3v) is 4.57. The first-order chi connectivity index (χ1) is 5.92. The molecule has 0 aliphatic heterocycles. The molecule has 0 saturated carbocycles. The molecule has 1 aliphatic carbocycles. The maximum atomic E-state index is 5.88. The van der Waals surface area contributed by atoms with Crippen LogP contribution in [0.3, 0.4) is 0 Å². The van der Waals surface area contributed by atoms with Crippen LogP contribution in [0.1, 0.15) is 17.0 Å². The second-order valence-electron chi connectivity index (χ2n) is 2.93. The standard InChI is InChI=1S/C10H9.ClH.Zr/c1-8-6-7-9-4-2-3-5-10(8)9;;/h2-8H,1H2;1H;/q;;+1/p-1. The van der Waals surface area contributed by atoms with E-state index in [4.69, 9.17) is 8.51 Å². The van der Waals surface area contributed by atoms with Gasteiger partial charge in [-0.3, -0.25) is 0 Å². The van der Waals surface area contributed by atoms with Crippen LogP contribution in [0, 0.1) is 0 Å². The zero-order valence-electron chi connectivity index (χ0n) is 6.63. The van der Waals surface area contributed by atoms with Gasteiger partial charge in [0.1, 0.15) is 0 Å². The van der Waals surface area contributed by atoms with Gasteiger partial charge in [0.15, 0.2) is 0 Å². The van der Waals surface area contributed by atoms with Crippen LogP contribution in [0.15, 0.2) is 30.3 Å². The van der Waals surface area contributed by atoms with Gasteiger partial charge in [-0.2, -0.15) is 0 Å². The molecule has 0 spiro atoms. The van der Waals surface area contributed by atoms with Crippen LogP contribution in [0.2, 0.25) is 4.13 Å². The summed E-state index contributed by atoms with van der Waals surface area (Å²) in [5.41, 5.74) is 2.85. The predicted octanol–water partition coefficient (Wildman–Crippen LogP) is 3.45. The van der Waals surface area contributed by atoms with Crippen molar-refractivity contribution < 1.29 is 22.0 Å². The van der Waals surface area contributed by atoms with Gasteiger partial charge in [-0.15, -0.1) is 0 Å². The third kappa shape index (κ3) is 1.58. The van der Waals surface area contributed by atoms with E-state index in [1.807, 2.05) is 0 Å². The number of hydrogen-bond donors (Lipinski definition) is 0. The molecule has 0 nitrogen and oxygen atoms in total. The fraction of sp³-hybridized carbons (Fsp3) is 0.200. The third-order valence-electron chi connectivity index (χ3n) is 2.20. The Morgan fingerprint density at radius 1 is 1.33 bits per heavy atom. The molecule has 1 atom stereocenters. The van der Waals surface area contributed by atoms with Crippen molar-refractivity contribution in [2.24, 2.45) is 0 Å². The van der Waals surface area contributed by atoms with Crippen LogP contribution < -0.4 is 0 Å². The van der Waals surface area contributed by atoms with Crippen LogP contribution in [0.25, 0.3) is 6.08 Å². The van der Waals surface area contributed by atoms with Gasteiger partial charge in [0.05, 0.1) is 0 Å². The summed E-state index contributed by atoms with van der Waals surface area (Å²) in [6.45, 7) is 0. The van der Waals surface area contributed by atoms with Crippen molar-refractivity contribution in [3.63, 3.8) is 0 Å². The van der Waals surface area contributed by atoms with Crippen LogP contribution in [0.4, 0.5) is 0 Å². The Balaban J connectivity index is 2.30. The maximum absolute atomic E-state index is 5.88. The molecule has 0 bridgehead atoms. The van der Waals surface area contributed by atoms with E-state index in [0.717, 1.165) is 0 Å². The van der Waals surface area contributed by atoms with Gasteiger partial charge < -0.3 is 0 Å². The summed E-state index contributed by atoms with van der Waals surface area (Å²) in [4.78, 5) is 0. The second kappa shape index (κ2) is 3.89. The summed E-state index contributed by atoms with van der Waals surface area (Å²) in [7, 11) is 5.88. The number of rotatable bonds is 2. The van der Waals surface area contributed by atoms with Crippen molar-refractivity contribution in [1.29, 1.82) is 0 Å². The molecule has 0 N–H and O–H groups in total. The van der Waals surface area contributed by atoms with Gasteiger partial charge in [0, 0.05) is 0 Å². The van der Waals surface area contributed by atoms with Gasteiger partial charge in [0.2, 0.25) is 0 Å². The van der Waals surface area contributed by atoms with Crippen molar-refractivity contribution in [3.8, 4) is 0 Å². The molecule has 1 aromatic rings. The van der Waals surface area contributed by atoms with Crippen LogP contribution >= 0.6 is 8.51 Å². The number of hydrogen-bond acceptors (Lipinski definition) is 0. The number of allylic oxidation sites excluding steroid dienone is 1. The quantitative estimate of drug-likeness (QED) is 0.760. The van der Waals surface area contributed by atoms with Gasteiger partial charge in [0.25, 0.3) is 0 Å². The van der Waals surface area contributed by atoms with Crippen LogP contribution in [-0.2, 0) is 22.0 Å². The molecule has 1 aliphatic rings. The number of halogens is 1. The molecular weight excluding hydrogens is 247 g/mol. The van der Waals surface area contributed by atoms with Crippen molar-refractivity contribution in [2.45, 2.75) is 10.0 Å². The molecule has 0 amide bonds. The van der Waals surface area contributed by atoms with Crippen LogP contribution in [-0.4, -0.2) is 0 Å². The summed E-state index contributed by atoms with van der Waals surface area (Å²) in [6.07, 6.45) is 4.50. The Morgan fingerprint density at radius 3 is 3.00 bits per heavy atom. The molecule has 0 radical (unpaired) electrons. The first-order valence-electron chi connectivity index (χ1n) is 4.02. The van der Waals surface area contributed by atoms with Gasteiger partial charge >= 0.3 is 88.1 Å². The first kappa shape index (κ1) is 8.72. The predicted molar refractivity (Wildman–Crippen MR) is 48.9 cm³/mol. The molecular formula is C10H9ClZr. The Hall–Kier alpha value is 0.133. The normalized spacial score (nSPS) is 19.2. The average Bonchev–Trinajstić information content (AvgIpc) is 2.50. The first-order valence-corrected chi connectivity index (χ1v) is 8.93. The van der Waals surface area contributed by atoms with Gasteiger partial charge in [-0.05, 0) is 0 Å². The molecule has 2 rings (SSSR count). The van der Waals surface area contributed by atoms with E-state index in [-0.39, 0.29) is 0 Å². The Bertz CT molecular complexity index is 306. The van der Waals surface area contributed by atoms with E-state index in [2.05, 4.69) is 36.4 Å². The Labute approximate surface area is 87.7 Å². The zero-order chi connectivity index (χ0) is 8.39. The second-order valence-corrected chi connectivity index (χ2v) is 6.17. The summed E-state index contributed by atoms with van der Waals surface area (Å²) in [6, 6.07) is 8.58. The summed E-state index contributed by atoms with van der Waals surface area (Å²) in [5, 5.41) is 0. The Morgan fingerprint density at radius 2 is 2.17 bits per heavy atom. The number of benzene rings is 1. The average molecular weight is 256 g/mol. The van der Waals surface area contributed by atoms with E-state index in [1.54, 1.807) is 0 Å². The SMILES string of the molecule is [Cl][Zr][CH2]C1C=Cc2ccccc21. The van der Waals surface area contributed by atoms with E-state index < -0.39 is 22.0 Å². The molecule has 0 aromatic heterocycles. The fourth-order valence-corrected chi connectivity index (χ4v) is 3.85. The summed E-state index contributed by atoms with van der Waals surface area (Å²) in [5.74, 6) is 0.630. The van der Waals surface area contributed by atoms with E-state index in [0.29, 0.717) is 5.92 Å². The van der Waals surface area contributed by atoms with Crippen molar-refractivity contribution >= 4 is 14.6 Å². The molecule has 0 heterocycles. The zero-order valence-corrected chi connectivity index (χ0v) is 9.84. The van der Waals surface area contributed by atoms with Gasteiger partial charge in [-0.25, -0.2) is 0 Å². The van der Waals surface area contributed by atoms with E-state index in [1.165, 1.54) is 15.3 Å². The monoisotopic (exact) mass is 254 g/mol. The minimum absolute atomic E-state index is 0.574. The molecule has 12 heavy (non-hydrogen) atoms. The molecule has 0 saturated heterocycles. The van der Waals surface area contributed by atoms with Crippen molar-refractivity contribution in [3.05, 3.63) is 41.5 Å². The van der Waals surface area contributed by atoms with Crippen molar-refractivity contribution in [2.75, 3.05) is 0 Å². The fourth-order valence-electron chi connectivity index (χ4n) is 1.58. The van der Waals surface area contributed by atoms with Gasteiger partial charge in [-0.1, -0.05) is 0 Å². The minimum atomic E-state index is -0.574. The molecule has 1 unspecified atom stereocenters. The summed E-state index contributed by atoms with van der Waals surface area (Å²) >= 11 is -0.574. The van der Waals surface area contributed by atoms with E-state index in [9.17, 15) is 0 Å². The number of fused-ring (bicyclic) bond motifs is 1. The molecule has 60 valence electrons.